The summed E-state index contributed by atoms with van der Waals surface area (Å²) in [4.78, 5) is 26.6. The summed E-state index contributed by atoms with van der Waals surface area (Å²) < 4.78 is 7.25. The highest BCUT2D eigenvalue weighted by Gasteiger charge is 2.35. The van der Waals surface area contributed by atoms with E-state index >= 15 is 0 Å². The second-order valence-electron chi connectivity index (χ2n) is 7.95. The van der Waals surface area contributed by atoms with Crippen LogP contribution in [0.2, 0.25) is 5.02 Å². The summed E-state index contributed by atoms with van der Waals surface area (Å²) in [6.45, 7) is 4.31. The Morgan fingerprint density at radius 2 is 2.18 bits per heavy atom. The number of halogens is 1. The molecule has 0 bridgehead atoms. The van der Waals surface area contributed by atoms with Crippen LogP contribution in [0.15, 0.2) is 48.9 Å². The maximum Gasteiger partial charge on any atom is 0.238 e. The Kier molecular flexibility index (Phi) is 6.37. The molecule has 4 aromatic rings. The van der Waals surface area contributed by atoms with Gasteiger partial charge in [-0.1, -0.05) is 17.7 Å². The zero-order valence-electron chi connectivity index (χ0n) is 18.7. The first-order chi connectivity index (χ1) is 16.6. The number of hydrogen-bond acceptors (Lipinski definition) is 7. The fourth-order valence-corrected chi connectivity index (χ4v) is 4.24. The number of fused-ring (bicyclic) bond motifs is 2. The van der Waals surface area contributed by atoms with Gasteiger partial charge in [0.2, 0.25) is 11.9 Å². The summed E-state index contributed by atoms with van der Waals surface area (Å²) in [5.41, 5.74) is 3.75. The van der Waals surface area contributed by atoms with Crippen molar-refractivity contribution in [3.05, 3.63) is 70.8 Å². The van der Waals surface area contributed by atoms with Crippen molar-refractivity contribution in [2.24, 2.45) is 0 Å². The summed E-state index contributed by atoms with van der Waals surface area (Å²) in [6, 6.07) is 9.31. The largest absolute Gasteiger partial charge is 0.380 e. The first-order valence-electron chi connectivity index (χ1n) is 11.2. The Bertz CT molecular complexity index is 1330. The number of nitrogens with one attached hydrogen (secondary N) is 2. The minimum atomic E-state index is -0.609. The van der Waals surface area contributed by atoms with Gasteiger partial charge in [-0.25, -0.2) is 4.98 Å². The van der Waals surface area contributed by atoms with Gasteiger partial charge in [0, 0.05) is 42.5 Å². The zero-order valence-corrected chi connectivity index (χ0v) is 19.4. The quantitative estimate of drug-likeness (QED) is 0.354. The van der Waals surface area contributed by atoms with Crippen molar-refractivity contribution in [3.8, 4) is 0 Å². The molecule has 2 N–H and O–H groups in total. The van der Waals surface area contributed by atoms with Crippen LogP contribution in [0.25, 0.3) is 11.0 Å². The van der Waals surface area contributed by atoms with Crippen LogP contribution in [0.5, 0.6) is 0 Å². The van der Waals surface area contributed by atoms with Crippen molar-refractivity contribution in [2.75, 3.05) is 30.4 Å². The van der Waals surface area contributed by atoms with Gasteiger partial charge < -0.3 is 15.4 Å². The second-order valence-corrected chi connectivity index (χ2v) is 8.39. The number of nitrogens with zero attached hydrogens (tertiary/aromatic N) is 5. The average molecular weight is 478 g/mol. The molecule has 0 aliphatic carbocycles. The molecule has 0 saturated heterocycles. The van der Waals surface area contributed by atoms with E-state index in [-0.39, 0.29) is 5.91 Å². The third kappa shape index (κ3) is 4.57. The molecule has 1 atom stereocenters. The van der Waals surface area contributed by atoms with Crippen LogP contribution >= 0.6 is 11.6 Å². The van der Waals surface area contributed by atoms with Gasteiger partial charge >= 0.3 is 0 Å². The highest BCUT2D eigenvalue weighted by Crippen LogP contribution is 2.40. The average Bonchev–Trinajstić information content (AvgIpc) is 3.39. The fourth-order valence-electron chi connectivity index (χ4n) is 4.06. The van der Waals surface area contributed by atoms with E-state index in [1.807, 2.05) is 43.6 Å². The third-order valence-corrected chi connectivity index (χ3v) is 5.90. The van der Waals surface area contributed by atoms with E-state index in [9.17, 15) is 4.79 Å². The number of rotatable bonds is 9. The Labute approximate surface area is 201 Å². The smallest absolute Gasteiger partial charge is 0.238 e. The first kappa shape index (κ1) is 22.2. The zero-order chi connectivity index (χ0) is 23.5. The van der Waals surface area contributed by atoms with Crippen LogP contribution in [0.3, 0.4) is 0 Å². The molecule has 4 heterocycles. The van der Waals surface area contributed by atoms with Gasteiger partial charge in [-0.3, -0.25) is 14.5 Å². The topological polar surface area (TPSA) is 107 Å². The predicted molar refractivity (Wildman–Crippen MR) is 130 cm³/mol. The molecule has 0 fully saturated rings. The number of anilines is 2. The molecule has 0 saturated carbocycles. The molecule has 1 unspecified atom stereocenters. The summed E-state index contributed by atoms with van der Waals surface area (Å²) in [5.74, 6) is -0.340. The van der Waals surface area contributed by atoms with Gasteiger partial charge in [0.1, 0.15) is 5.92 Å². The van der Waals surface area contributed by atoms with Crippen molar-refractivity contribution in [2.45, 2.75) is 25.8 Å². The lowest BCUT2D eigenvalue weighted by molar-refractivity contribution is -0.116. The Morgan fingerprint density at radius 1 is 1.26 bits per heavy atom. The van der Waals surface area contributed by atoms with E-state index in [0.717, 1.165) is 28.6 Å². The summed E-state index contributed by atoms with van der Waals surface area (Å²) >= 11 is 6.26. The van der Waals surface area contributed by atoms with Gasteiger partial charge in [0.05, 0.1) is 24.2 Å². The molecule has 174 valence electrons. The number of hydrogen-bond donors (Lipinski definition) is 2. The van der Waals surface area contributed by atoms with Crippen LogP contribution in [-0.4, -0.2) is 50.4 Å². The molecule has 9 nitrogen and oxygen atoms in total. The van der Waals surface area contributed by atoms with Crippen LogP contribution in [0.1, 0.15) is 29.7 Å². The molecule has 0 radical (unpaired) electrons. The molecule has 3 aromatic heterocycles. The van der Waals surface area contributed by atoms with Gasteiger partial charge in [0.15, 0.2) is 5.65 Å². The molecular weight excluding hydrogens is 454 g/mol. The number of carbonyl (C=O) groups is 1. The molecular formula is C24H24ClN7O2. The van der Waals surface area contributed by atoms with Crippen molar-refractivity contribution >= 4 is 40.2 Å². The maximum atomic E-state index is 13.0. The van der Waals surface area contributed by atoms with Crippen LogP contribution in [0, 0.1) is 0 Å². The van der Waals surface area contributed by atoms with E-state index in [2.05, 4.69) is 25.7 Å². The van der Waals surface area contributed by atoms with E-state index in [4.69, 9.17) is 21.3 Å². The van der Waals surface area contributed by atoms with Gasteiger partial charge in [0.25, 0.3) is 0 Å². The predicted octanol–water partition coefficient (Wildman–Crippen LogP) is 3.65. The van der Waals surface area contributed by atoms with E-state index in [1.165, 1.54) is 0 Å². The number of carbonyl (C=O) groups excluding carboxylic acids is 1. The monoisotopic (exact) mass is 477 g/mol. The van der Waals surface area contributed by atoms with Gasteiger partial charge in [-0.2, -0.15) is 10.1 Å². The molecule has 1 amide bonds. The second kappa shape index (κ2) is 9.74. The van der Waals surface area contributed by atoms with Crippen LogP contribution in [0.4, 0.5) is 11.6 Å². The van der Waals surface area contributed by atoms with Gasteiger partial charge in [-0.15, -0.1) is 0 Å². The lowest BCUT2D eigenvalue weighted by Crippen LogP contribution is -2.17. The minimum Gasteiger partial charge on any atom is -0.380 e. The molecule has 0 spiro atoms. The molecule has 1 aliphatic rings. The SMILES string of the molecule is CCOCCn1cc2c(C3C(=O)Nc4ccc(Cl)cc43)nc(NCCc3cccnc3)nc2n1. The lowest BCUT2D eigenvalue weighted by Gasteiger charge is -2.12. The third-order valence-electron chi connectivity index (χ3n) is 5.66. The lowest BCUT2D eigenvalue weighted by atomic mass is 9.95. The fraction of sp³-hybridized carbons (Fsp3) is 0.292. The number of aromatic nitrogens is 5. The summed E-state index contributed by atoms with van der Waals surface area (Å²) in [7, 11) is 0. The van der Waals surface area contributed by atoms with Crippen molar-refractivity contribution in [1.82, 2.24) is 24.7 Å². The molecule has 1 aliphatic heterocycles. The van der Waals surface area contributed by atoms with Crippen molar-refractivity contribution < 1.29 is 9.53 Å². The van der Waals surface area contributed by atoms with Crippen molar-refractivity contribution in [3.63, 3.8) is 0 Å². The van der Waals surface area contributed by atoms with Gasteiger partial charge in [-0.05, 0) is 48.7 Å². The Balaban J connectivity index is 1.50. The molecule has 1 aromatic carbocycles. The molecule has 10 heteroatoms. The van der Waals surface area contributed by atoms with Crippen LogP contribution in [-0.2, 0) is 22.5 Å². The highest BCUT2D eigenvalue weighted by atomic mass is 35.5. The number of ether oxygens (including phenoxy) is 1. The molecule has 34 heavy (non-hydrogen) atoms. The summed E-state index contributed by atoms with van der Waals surface area (Å²) in [6.07, 6.45) is 6.22. The van der Waals surface area contributed by atoms with Crippen molar-refractivity contribution in [1.29, 1.82) is 0 Å². The van der Waals surface area contributed by atoms with E-state index in [0.29, 0.717) is 48.6 Å². The number of pyridine rings is 1. The Morgan fingerprint density at radius 3 is 3.00 bits per heavy atom. The number of amides is 1. The first-order valence-corrected chi connectivity index (χ1v) is 11.6. The molecule has 5 rings (SSSR count). The maximum absolute atomic E-state index is 13.0. The normalized spacial score (nSPS) is 14.9. The van der Waals surface area contributed by atoms with E-state index < -0.39 is 5.92 Å². The van der Waals surface area contributed by atoms with Crippen LogP contribution < -0.4 is 10.6 Å². The summed E-state index contributed by atoms with van der Waals surface area (Å²) in [5, 5.41) is 12.1. The Hall–Kier alpha value is -3.56. The standard InChI is InChI=1S/C24H24ClN7O2/c1-2-34-11-10-32-14-18-21(20-17-12-16(25)5-6-19(17)28-23(20)33)29-24(30-22(18)31-32)27-9-7-15-4-3-8-26-13-15/h3-6,8,12-14,20H,2,7,9-11H2,1H3,(H,28,33)(H,27,30,31). The van der Waals surface area contributed by atoms with E-state index in [1.54, 1.807) is 16.9 Å². The highest BCUT2D eigenvalue weighted by molar-refractivity contribution is 6.31. The minimum absolute atomic E-state index is 0.152. The number of benzene rings is 1.